The minimum atomic E-state index is -0.0731. The van der Waals surface area contributed by atoms with Gasteiger partial charge < -0.3 is 11.1 Å². The zero-order valence-corrected chi connectivity index (χ0v) is 10.9. The first-order valence-corrected chi connectivity index (χ1v) is 6.71. The quantitative estimate of drug-likeness (QED) is 0.839. The smallest absolute Gasteiger partial charge is 0.269 e. The van der Waals surface area contributed by atoms with Gasteiger partial charge in [-0.1, -0.05) is 19.3 Å². The van der Waals surface area contributed by atoms with E-state index >= 15 is 0 Å². The molecule has 1 fully saturated rings. The van der Waals surface area contributed by atoms with Crippen LogP contribution in [-0.4, -0.2) is 28.3 Å². The van der Waals surface area contributed by atoms with E-state index in [-0.39, 0.29) is 11.9 Å². The average molecular weight is 250 g/mol. The Morgan fingerprint density at radius 2 is 2.28 bits per heavy atom. The van der Waals surface area contributed by atoms with E-state index in [1.165, 1.54) is 32.1 Å². The predicted molar refractivity (Wildman–Crippen MR) is 70.1 cm³/mol. The summed E-state index contributed by atoms with van der Waals surface area (Å²) in [6, 6.07) is 1.82. The lowest BCUT2D eigenvalue weighted by Crippen LogP contribution is -2.46. The van der Waals surface area contributed by atoms with Gasteiger partial charge in [0, 0.05) is 25.8 Å². The highest BCUT2D eigenvalue weighted by atomic mass is 16.2. The third-order valence-electron chi connectivity index (χ3n) is 3.84. The second-order valence-corrected chi connectivity index (χ2v) is 5.05. The van der Waals surface area contributed by atoms with Crippen LogP contribution in [0, 0.1) is 5.92 Å². The topological polar surface area (TPSA) is 72.9 Å². The van der Waals surface area contributed by atoms with E-state index in [4.69, 9.17) is 5.73 Å². The Hall–Kier alpha value is -1.36. The van der Waals surface area contributed by atoms with Crippen molar-refractivity contribution < 1.29 is 4.79 Å². The van der Waals surface area contributed by atoms with Gasteiger partial charge in [0.05, 0.1) is 0 Å². The number of aryl methyl sites for hydroxylation is 1. The van der Waals surface area contributed by atoms with E-state index in [0.29, 0.717) is 18.2 Å². The summed E-state index contributed by atoms with van der Waals surface area (Å²) in [7, 11) is 1.77. The van der Waals surface area contributed by atoms with Crippen molar-refractivity contribution in [3.63, 3.8) is 0 Å². The number of aromatic nitrogens is 2. The highest BCUT2D eigenvalue weighted by molar-refractivity contribution is 5.92. The molecule has 2 rings (SSSR count). The summed E-state index contributed by atoms with van der Waals surface area (Å²) in [4.78, 5) is 12.1. The first kappa shape index (κ1) is 13.1. The molecular weight excluding hydrogens is 228 g/mol. The van der Waals surface area contributed by atoms with E-state index in [1.54, 1.807) is 24.0 Å². The molecule has 1 saturated carbocycles. The maximum absolute atomic E-state index is 12.1. The fourth-order valence-corrected chi connectivity index (χ4v) is 2.74. The van der Waals surface area contributed by atoms with Crippen molar-refractivity contribution in [1.29, 1.82) is 0 Å². The van der Waals surface area contributed by atoms with Gasteiger partial charge in [0.25, 0.3) is 5.91 Å². The summed E-state index contributed by atoms with van der Waals surface area (Å²) in [5.74, 6) is 0.456. The van der Waals surface area contributed by atoms with Crippen LogP contribution in [0.1, 0.15) is 42.6 Å². The highest BCUT2D eigenvalue weighted by Gasteiger charge is 2.24. The van der Waals surface area contributed by atoms with E-state index in [2.05, 4.69) is 10.4 Å². The van der Waals surface area contributed by atoms with Crippen molar-refractivity contribution in [1.82, 2.24) is 15.1 Å². The highest BCUT2D eigenvalue weighted by Crippen LogP contribution is 2.26. The molecule has 1 amide bonds. The van der Waals surface area contributed by atoms with Crippen LogP contribution in [0.25, 0.3) is 0 Å². The molecule has 5 nitrogen and oxygen atoms in total. The second kappa shape index (κ2) is 6.00. The molecule has 1 heterocycles. The monoisotopic (exact) mass is 250 g/mol. The van der Waals surface area contributed by atoms with Crippen molar-refractivity contribution >= 4 is 5.91 Å². The number of rotatable bonds is 4. The summed E-state index contributed by atoms with van der Waals surface area (Å²) in [5, 5.41) is 7.06. The molecule has 100 valence electrons. The van der Waals surface area contributed by atoms with Crippen molar-refractivity contribution in [2.24, 2.45) is 18.7 Å². The molecule has 1 aliphatic rings. The number of nitrogens with two attached hydrogens (primary N) is 1. The van der Waals surface area contributed by atoms with Crippen LogP contribution in [0.4, 0.5) is 0 Å². The molecule has 0 radical (unpaired) electrons. The van der Waals surface area contributed by atoms with Gasteiger partial charge in [0.1, 0.15) is 5.69 Å². The van der Waals surface area contributed by atoms with E-state index < -0.39 is 0 Å². The molecule has 1 aromatic rings. The molecule has 0 saturated heterocycles. The number of hydrogen-bond donors (Lipinski definition) is 2. The molecule has 5 heteroatoms. The predicted octanol–water partition coefficient (Wildman–Crippen LogP) is 1.06. The Morgan fingerprint density at radius 3 is 2.83 bits per heavy atom. The minimum Gasteiger partial charge on any atom is -0.346 e. The van der Waals surface area contributed by atoms with Gasteiger partial charge in [0.15, 0.2) is 0 Å². The molecule has 0 spiro atoms. The van der Waals surface area contributed by atoms with E-state index in [9.17, 15) is 4.79 Å². The molecule has 3 N–H and O–H groups in total. The Balaban J connectivity index is 1.97. The van der Waals surface area contributed by atoms with Crippen LogP contribution in [0.3, 0.4) is 0 Å². The molecule has 1 unspecified atom stereocenters. The lowest BCUT2D eigenvalue weighted by molar-refractivity contribution is 0.0906. The normalized spacial score (nSPS) is 18.6. The van der Waals surface area contributed by atoms with Crippen LogP contribution in [0.15, 0.2) is 12.3 Å². The Labute approximate surface area is 108 Å². The van der Waals surface area contributed by atoms with Crippen molar-refractivity contribution in [3.05, 3.63) is 18.0 Å². The number of carbonyl (C=O) groups excluding carboxylic acids is 1. The largest absolute Gasteiger partial charge is 0.346 e. The second-order valence-electron chi connectivity index (χ2n) is 5.05. The number of nitrogens with zero attached hydrogens (tertiary/aromatic N) is 2. The summed E-state index contributed by atoms with van der Waals surface area (Å²) in [6.45, 7) is 0.508. The lowest BCUT2D eigenvalue weighted by atomic mass is 9.84. The molecule has 1 aromatic heterocycles. The molecular formula is C13H22N4O. The van der Waals surface area contributed by atoms with Gasteiger partial charge in [-0.15, -0.1) is 0 Å². The molecule has 1 atom stereocenters. The third-order valence-corrected chi connectivity index (χ3v) is 3.84. The lowest BCUT2D eigenvalue weighted by Gasteiger charge is -2.30. The molecule has 0 aromatic carbocycles. The SMILES string of the molecule is Cn1nccc1C(=O)NC(CN)C1CCCCC1. The van der Waals surface area contributed by atoms with Crippen molar-refractivity contribution in [3.8, 4) is 0 Å². The summed E-state index contributed by atoms with van der Waals surface area (Å²) in [6.07, 6.45) is 7.79. The Morgan fingerprint density at radius 1 is 1.56 bits per heavy atom. The van der Waals surface area contributed by atoms with E-state index in [0.717, 1.165) is 0 Å². The fraction of sp³-hybridized carbons (Fsp3) is 0.692. The van der Waals surface area contributed by atoms with Crippen LogP contribution >= 0.6 is 0 Å². The number of hydrogen-bond acceptors (Lipinski definition) is 3. The third kappa shape index (κ3) is 2.90. The maximum atomic E-state index is 12.1. The Kier molecular flexibility index (Phi) is 4.36. The average Bonchev–Trinajstić information content (AvgIpc) is 2.83. The molecule has 18 heavy (non-hydrogen) atoms. The standard InChI is InChI=1S/C13H22N4O/c1-17-12(7-8-15-17)13(18)16-11(9-14)10-5-3-2-4-6-10/h7-8,10-11H,2-6,9,14H2,1H3,(H,16,18). The van der Waals surface area contributed by atoms with Gasteiger partial charge in [-0.2, -0.15) is 5.10 Å². The van der Waals surface area contributed by atoms with Crippen LogP contribution in [0.5, 0.6) is 0 Å². The van der Waals surface area contributed by atoms with Crippen LogP contribution in [-0.2, 0) is 7.05 Å². The minimum absolute atomic E-state index is 0.0731. The Bertz CT molecular complexity index is 395. The first-order valence-electron chi connectivity index (χ1n) is 6.71. The zero-order valence-electron chi connectivity index (χ0n) is 10.9. The van der Waals surface area contributed by atoms with Crippen molar-refractivity contribution in [2.45, 2.75) is 38.1 Å². The fourth-order valence-electron chi connectivity index (χ4n) is 2.74. The van der Waals surface area contributed by atoms with Gasteiger partial charge in [-0.25, -0.2) is 0 Å². The van der Waals surface area contributed by atoms with Crippen molar-refractivity contribution in [2.75, 3.05) is 6.54 Å². The summed E-state index contributed by atoms with van der Waals surface area (Å²) >= 11 is 0. The summed E-state index contributed by atoms with van der Waals surface area (Å²) in [5.41, 5.74) is 6.39. The maximum Gasteiger partial charge on any atom is 0.269 e. The van der Waals surface area contributed by atoms with Crippen LogP contribution in [0.2, 0.25) is 0 Å². The van der Waals surface area contributed by atoms with Crippen LogP contribution < -0.4 is 11.1 Å². The van der Waals surface area contributed by atoms with Gasteiger partial charge in [0.2, 0.25) is 0 Å². The summed E-state index contributed by atoms with van der Waals surface area (Å²) < 4.78 is 1.59. The van der Waals surface area contributed by atoms with Gasteiger partial charge in [-0.05, 0) is 24.8 Å². The van der Waals surface area contributed by atoms with E-state index in [1.807, 2.05) is 0 Å². The van der Waals surface area contributed by atoms with Gasteiger partial charge in [-0.3, -0.25) is 9.48 Å². The molecule has 0 bridgehead atoms. The number of nitrogens with one attached hydrogen (secondary N) is 1. The zero-order chi connectivity index (χ0) is 13.0. The molecule has 0 aliphatic heterocycles. The van der Waals surface area contributed by atoms with Gasteiger partial charge >= 0.3 is 0 Å². The molecule has 1 aliphatic carbocycles. The number of carbonyl (C=O) groups is 1. The first-order chi connectivity index (χ1) is 8.72. The number of amides is 1.